The van der Waals surface area contributed by atoms with Crippen LogP contribution in [0.15, 0.2) is 12.1 Å². The minimum absolute atomic E-state index is 0.0239. The second-order valence-electron chi connectivity index (χ2n) is 5.39. The first-order valence-corrected chi connectivity index (χ1v) is 6.80. The Hall–Kier alpha value is -2.18. The lowest BCUT2D eigenvalue weighted by Gasteiger charge is -2.37. The number of nitrogens with zero attached hydrogens (tertiary/aromatic N) is 2. The van der Waals surface area contributed by atoms with E-state index in [9.17, 15) is 18.4 Å². The number of carbonyl (C=O) groups excluding carboxylic acids is 2. The quantitative estimate of drug-likeness (QED) is 0.786. The molecular formula is C14H15F2N3O2. The van der Waals surface area contributed by atoms with Gasteiger partial charge in [-0.25, -0.2) is 8.78 Å². The second-order valence-corrected chi connectivity index (χ2v) is 5.39. The Morgan fingerprint density at radius 3 is 2.81 bits per heavy atom. The molecule has 0 aliphatic carbocycles. The molecule has 2 fully saturated rings. The minimum atomic E-state index is -0.897. The van der Waals surface area contributed by atoms with E-state index in [2.05, 4.69) is 0 Å². The van der Waals surface area contributed by atoms with Crippen LogP contribution in [0.25, 0.3) is 0 Å². The number of hydrogen-bond acceptors (Lipinski definition) is 3. The number of piperazine rings is 1. The number of nitrogen functional groups attached to an aromatic ring is 1. The summed E-state index contributed by atoms with van der Waals surface area (Å²) in [5.74, 6) is -2.13. The first-order valence-electron chi connectivity index (χ1n) is 6.80. The number of benzene rings is 1. The van der Waals surface area contributed by atoms with Crippen molar-refractivity contribution in [1.82, 2.24) is 9.80 Å². The Morgan fingerprint density at radius 2 is 2.05 bits per heavy atom. The Balaban J connectivity index is 1.82. The van der Waals surface area contributed by atoms with Gasteiger partial charge in [0.15, 0.2) is 5.82 Å². The normalized spacial score (nSPS) is 21.6. The molecule has 2 heterocycles. The number of nitrogens with two attached hydrogens (primary N) is 1. The summed E-state index contributed by atoms with van der Waals surface area (Å²) in [7, 11) is 0. The fourth-order valence-electron chi connectivity index (χ4n) is 2.99. The van der Waals surface area contributed by atoms with Gasteiger partial charge in [-0.3, -0.25) is 9.59 Å². The third-order valence-electron chi connectivity index (χ3n) is 4.08. The molecule has 2 aliphatic heterocycles. The van der Waals surface area contributed by atoms with E-state index in [4.69, 9.17) is 5.73 Å². The maximum Gasteiger partial charge on any atom is 0.257 e. The topological polar surface area (TPSA) is 66.6 Å². The summed E-state index contributed by atoms with van der Waals surface area (Å²) < 4.78 is 27.2. The molecule has 0 aromatic heterocycles. The van der Waals surface area contributed by atoms with Crippen LogP contribution in [-0.2, 0) is 4.79 Å². The molecule has 0 radical (unpaired) electrons. The average molecular weight is 295 g/mol. The molecule has 1 aromatic carbocycles. The van der Waals surface area contributed by atoms with E-state index in [-0.39, 0.29) is 23.2 Å². The van der Waals surface area contributed by atoms with Crippen LogP contribution in [-0.4, -0.2) is 47.3 Å². The SMILES string of the molecule is Nc1cc(F)cc(C(=O)N2CCN3C(=O)CCC3C2)c1F. The van der Waals surface area contributed by atoms with Crippen LogP contribution in [0.3, 0.4) is 0 Å². The lowest BCUT2D eigenvalue weighted by Crippen LogP contribution is -2.53. The van der Waals surface area contributed by atoms with E-state index < -0.39 is 17.5 Å². The predicted octanol–water partition coefficient (Wildman–Crippen LogP) is 0.994. The van der Waals surface area contributed by atoms with Crippen LogP contribution in [0, 0.1) is 11.6 Å². The molecule has 1 atom stereocenters. The van der Waals surface area contributed by atoms with Crippen molar-refractivity contribution in [2.45, 2.75) is 18.9 Å². The molecule has 5 nitrogen and oxygen atoms in total. The van der Waals surface area contributed by atoms with Gasteiger partial charge in [-0.2, -0.15) is 0 Å². The fraction of sp³-hybridized carbons (Fsp3) is 0.429. The summed E-state index contributed by atoms with van der Waals surface area (Å²) >= 11 is 0. The third-order valence-corrected chi connectivity index (χ3v) is 4.08. The first-order chi connectivity index (χ1) is 9.97. The minimum Gasteiger partial charge on any atom is -0.396 e. The van der Waals surface area contributed by atoms with Gasteiger partial charge in [-0.05, 0) is 18.6 Å². The molecule has 21 heavy (non-hydrogen) atoms. The summed E-state index contributed by atoms with van der Waals surface area (Å²) in [6.07, 6.45) is 1.17. The summed E-state index contributed by atoms with van der Waals surface area (Å²) in [4.78, 5) is 27.2. The molecule has 2 amide bonds. The van der Waals surface area contributed by atoms with Crippen LogP contribution < -0.4 is 5.73 Å². The van der Waals surface area contributed by atoms with Gasteiger partial charge in [0.05, 0.1) is 11.3 Å². The van der Waals surface area contributed by atoms with Crippen molar-refractivity contribution in [3.63, 3.8) is 0 Å². The highest BCUT2D eigenvalue weighted by atomic mass is 19.1. The number of amides is 2. The Labute approximate surface area is 120 Å². The third kappa shape index (κ3) is 2.32. The highest BCUT2D eigenvalue weighted by molar-refractivity contribution is 5.95. The van der Waals surface area contributed by atoms with Crippen LogP contribution >= 0.6 is 0 Å². The van der Waals surface area contributed by atoms with Gasteiger partial charge in [0.2, 0.25) is 5.91 Å². The standard InChI is InChI=1S/C14H15F2N3O2/c15-8-5-10(13(16)11(17)6-8)14(21)18-3-4-19-9(7-18)1-2-12(19)20/h5-6,9H,1-4,7,17H2. The molecule has 0 bridgehead atoms. The number of anilines is 1. The Kier molecular flexibility index (Phi) is 3.27. The summed E-state index contributed by atoms with van der Waals surface area (Å²) in [5.41, 5.74) is 4.62. The van der Waals surface area contributed by atoms with Crippen LogP contribution in [0.2, 0.25) is 0 Å². The molecule has 3 rings (SSSR count). The number of hydrogen-bond donors (Lipinski definition) is 1. The summed E-state index contributed by atoms with van der Waals surface area (Å²) in [6.45, 7) is 1.10. The van der Waals surface area contributed by atoms with Gasteiger partial charge >= 0.3 is 0 Å². The predicted molar refractivity (Wildman–Crippen MR) is 71.4 cm³/mol. The van der Waals surface area contributed by atoms with E-state index in [1.165, 1.54) is 4.90 Å². The van der Waals surface area contributed by atoms with Crippen molar-refractivity contribution in [1.29, 1.82) is 0 Å². The van der Waals surface area contributed by atoms with Crippen LogP contribution in [0.1, 0.15) is 23.2 Å². The van der Waals surface area contributed by atoms with Gasteiger partial charge < -0.3 is 15.5 Å². The first kappa shape index (κ1) is 13.8. The second kappa shape index (κ2) is 4.98. The number of fused-ring (bicyclic) bond motifs is 1. The average Bonchev–Trinajstić information content (AvgIpc) is 2.83. The van der Waals surface area contributed by atoms with Gasteiger partial charge in [0, 0.05) is 32.1 Å². The van der Waals surface area contributed by atoms with Crippen LogP contribution in [0.4, 0.5) is 14.5 Å². The van der Waals surface area contributed by atoms with E-state index in [0.29, 0.717) is 32.5 Å². The lowest BCUT2D eigenvalue weighted by molar-refractivity contribution is -0.130. The van der Waals surface area contributed by atoms with E-state index in [0.717, 1.165) is 12.1 Å². The molecule has 0 spiro atoms. The van der Waals surface area contributed by atoms with Gasteiger partial charge in [-0.15, -0.1) is 0 Å². The zero-order valence-electron chi connectivity index (χ0n) is 11.3. The molecule has 2 aliphatic rings. The van der Waals surface area contributed by atoms with Crippen molar-refractivity contribution in [3.8, 4) is 0 Å². The number of rotatable bonds is 1. The van der Waals surface area contributed by atoms with Crippen molar-refractivity contribution in [3.05, 3.63) is 29.3 Å². The Morgan fingerprint density at radius 1 is 1.29 bits per heavy atom. The summed E-state index contributed by atoms with van der Waals surface area (Å²) in [6, 6.07) is 1.68. The van der Waals surface area contributed by atoms with Crippen LogP contribution in [0.5, 0.6) is 0 Å². The number of halogens is 2. The lowest BCUT2D eigenvalue weighted by atomic mass is 10.1. The molecule has 112 valence electrons. The molecule has 7 heteroatoms. The van der Waals surface area contributed by atoms with E-state index in [1.54, 1.807) is 4.90 Å². The maximum absolute atomic E-state index is 13.9. The zero-order valence-corrected chi connectivity index (χ0v) is 11.3. The number of carbonyl (C=O) groups is 2. The monoisotopic (exact) mass is 295 g/mol. The maximum atomic E-state index is 13.9. The molecule has 2 N–H and O–H groups in total. The van der Waals surface area contributed by atoms with E-state index in [1.807, 2.05) is 0 Å². The smallest absolute Gasteiger partial charge is 0.257 e. The molecule has 1 aromatic rings. The highest BCUT2D eigenvalue weighted by Crippen LogP contribution is 2.25. The highest BCUT2D eigenvalue weighted by Gasteiger charge is 2.37. The van der Waals surface area contributed by atoms with Crippen molar-refractivity contribution in [2.24, 2.45) is 0 Å². The Bertz CT molecular complexity index is 620. The summed E-state index contributed by atoms with van der Waals surface area (Å²) in [5, 5.41) is 0. The molecule has 2 saturated heterocycles. The van der Waals surface area contributed by atoms with Crippen molar-refractivity contribution >= 4 is 17.5 Å². The van der Waals surface area contributed by atoms with Crippen molar-refractivity contribution < 1.29 is 18.4 Å². The molecule has 1 unspecified atom stereocenters. The largest absolute Gasteiger partial charge is 0.396 e. The zero-order chi connectivity index (χ0) is 15.1. The van der Waals surface area contributed by atoms with Gasteiger partial charge in [0.1, 0.15) is 5.82 Å². The van der Waals surface area contributed by atoms with Crippen molar-refractivity contribution in [2.75, 3.05) is 25.4 Å². The fourth-order valence-corrected chi connectivity index (χ4v) is 2.99. The van der Waals surface area contributed by atoms with Gasteiger partial charge in [-0.1, -0.05) is 0 Å². The molecule has 0 saturated carbocycles. The molecular weight excluding hydrogens is 280 g/mol. The van der Waals surface area contributed by atoms with E-state index >= 15 is 0 Å². The van der Waals surface area contributed by atoms with Gasteiger partial charge in [0.25, 0.3) is 5.91 Å².